The molecule has 3 heterocycles. The smallest absolute Gasteiger partial charge is 0.196 e. The molecule has 0 amide bonds. The van der Waals surface area contributed by atoms with E-state index in [1.54, 1.807) is 12.1 Å². The molecule has 0 N–H and O–H groups in total. The summed E-state index contributed by atoms with van der Waals surface area (Å²) in [6.45, 7) is 6.72. The molecule has 1 aliphatic carbocycles. The van der Waals surface area contributed by atoms with E-state index in [9.17, 15) is 9.59 Å². The molecule has 0 unspecified atom stereocenters. The van der Waals surface area contributed by atoms with Crippen LogP contribution < -0.4 is 0 Å². The molecule has 37 heavy (non-hydrogen) atoms. The SMILES string of the molecule is CC(C)(C)c1cc2c3ccccc3c3c4c(c5c6ccccc6c(c1)c2n35)C(=O)c1ccccc1C4=O. The Labute approximate surface area is 213 Å². The molecule has 0 atom stereocenters. The Kier molecular flexibility index (Phi) is 3.70. The summed E-state index contributed by atoms with van der Waals surface area (Å²) in [5, 5.41) is 6.48. The maximum absolute atomic E-state index is 14.1. The van der Waals surface area contributed by atoms with E-state index in [0.717, 1.165) is 48.9 Å². The van der Waals surface area contributed by atoms with Crippen LogP contribution in [0.1, 0.15) is 58.2 Å². The average Bonchev–Trinajstić information content (AvgIpc) is 3.28. The van der Waals surface area contributed by atoms with Crippen molar-refractivity contribution in [2.75, 3.05) is 0 Å². The zero-order chi connectivity index (χ0) is 25.2. The van der Waals surface area contributed by atoms with Crippen LogP contribution in [-0.4, -0.2) is 16.0 Å². The highest BCUT2D eigenvalue weighted by Gasteiger charge is 2.37. The molecule has 3 nitrogen and oxygen atoms in total. The second kappa shape index (κ2) is 6.63. The molecule has 0 fully saturated rings. The van der Waals surface area contributed by atoms with Crippen LogP contribution in [0.25, 0.3) is 48.9 Å². The number of fused-ring (bicyclic) bond motifs is 10. The average molecular weight is 478 g/mol. The number of aromatic nitrogens is 1. The third kappa shape index (κ3) is 2.42. The van der Waals surface area contributed by atoms with Crippen LogP contribution in [0, 0.1) is 0 Å². The fourth-order valence-electron chi connectivity index (χ4n) is 6.46. The summed E-state index contributed by atoms with van der Waals surface area (Å²) >= 11 is 0. The van der Waals surface area contributed by atoms with Gasteiger partial charge in [-0.15, -0.1) is 0 Å². The zero-order valence-corrected chi connectivity index (χ0v) is 20.8. The Morgan fingerprint density at radius 2 is 0.919 bits per heavy atom. The number of hydrogen-bond donors (Lipinski definition) is 0. The van der Waals surface area contributed by atoms with Crippen LogP contribution in [0.15, 0.2) is 84.9 Å². The number of carbonyl (C=O) groups excluding carboxylic acids is 2. The lowest BCUT2D eigenvalue weighted by Crippen LogP contribution is -2.19. The van der Waals surface area contributed by atoms with Crippen molar-refractivity contribution in [3.05, 3.63) is 113 Å². The Morgan fingerprint density at radius 1 is 0.514 bits per heavy atom. The molecule has 3 heteroatoms. The van der Waals surface area contributed by atoms with Crippen molar-refractivity contribution < 1.29 is 9.59 Å². The van der Waals surface area contributed by atoms with Crippen LogP contribution in [0.2, 0.25) is 0 Å². The summed E-state index contributed by atoms with van der Waals surface area (Å²) < 4.78 is 2.22. The highest BCUT2D eigenvalue weighted by molar-refractivity contribution is 6.39. The van der Waals surface area contributed by atoms with Crippen molar-refractivity contribution in [3.63, 3.8) is 0 Å². The van der Waals surface area contributed by atoms with Gasteiger partial charge in [0, 0.05) is 32.7 Å². The number of ketones is 2. The summed E-state index contributed by atoms with van der Waals surface area (Å²) in [6.07, 6.45) is 0. The van der Waals surface area contributed by atoms with E-state index in [2.05, 4.69) is 73.7 Å². The summed E-state index contributed by atoms with van der Waals surface area (Å²) in [4.78, 5) is 28.3. The van der Waals surface area contributed by atoms with Gasteiger partial charge >= 0.3 is 0 Å². The first-order chi connectivity index (χ1) is 17.9. The summed E-state index contributed by atoms with van der Waals surface area (Å²) in [5.74, 6) is -0.156. The second-order valence-corrected chi connectivity index (χ2v) is 11.2. The van der Waals surface area contributed by atoms with Crippen LogP contribution in [-0.2, 0) is 5.41 Å². The molecular weight excluding hydrogens is 454 g/mol. The first-order valence-corrected chi connectivity index (χ1v) is 12.7. The predicted molar refractivity (Wildman–Crippen MR) is 151 cm³/mol. The summed E-state index contributed by atoms with van der Waals surface area (Å²) in [6, 6.07) is 28.4. The minimum absolute atomic E-state index is 0.0422. The van der Waals surface area contributed by atoms with E-state index >= 15 is 0 Å². The Hall–Kier alpha value is -4.50. The molecule has 0 saturated carbocycles. The first-order valence-electron chi connectivity index (χ1n) is 12.7. The van der Waals surface area contributed by atoms with Crippen molar-refractivity contribution in [2.45, 2.75) is 26.2 Å². The topological polar surface area (TPSA) is 38.5 Å². The highest BCUT2D eigenvalue weighted by atomic mass is 16.1. The van der Waals surface area contributed by atoms with Gasteiger partial charge in [0.05, 0.1) is 27.7 Å². The molecule has 3 aromatic heterocycles. The van der Waals surface area contributed by atoms with E-state index in [1.165, 1.54) is 5.56 Å². The zero-order valence-electron chi connectivity index (χ0n) is 20.8. The van der Waals surface area contributed by atoms with Crippen LogP contribution in [0.5, 0.6) is 0 Å². The summed E-state index contributed by atoms with van der Waals surface area (Å²) in [7, 11) is 0. The van der Waals surface area contributed by atoms with E-state index in [4.69, 9.17) is 0 Å². The molecular formula is C34H23NO2. The number of carbonyl (C=O) groups is 2. The number of rotatable bonds is 0. The summed E-state index contributed by atoms with van der Waals surface area (Å²) in [5.41, 5.74) is 5.97. The Bertz CT molecular complexity index is 2010. The van der Waals surface area contributed by atoms with Crippen LogP contribution in [0.3, 0.4) is 0 Å². The third-order valence-electron chi connectivity index (χ3n) is 8.19. The normalized spacial score (nSPS) is 13.9. The van der Waals surface area contributed by atoms with Gasteiger partial charge in [0.1, 0.15) is 0 Å². The van der Waals surface area contributed by atoms with Crippen LogP contribution in [0.4, 0.5) is 0 Å². The molecule has 0 aliphatic heterocycles. The molecule has 1 aliphatic rings. The van der Waals surface area contributed by atoms with Gasteiger partial charge in [0.25, 0.3) is 0 Å². The minimum Gasteiger partial charge on any atom is -0.306 e. The molecule has 0 radical (unpaired) electrons. The molecule has 0 bridgehead atoms. The standard InChI is InChI=1S/C34H23NO2/c1-34(2,3)18-16-25-19-10-4-6-12-21(19)30-27-28(33(37)24-15-9-8-14-23(24)32(27)36)31-22-13-7-5-11-20(22)26(17-18)29(25)35(30)31/h4-17H,1-3H3. The molecule has 7 aromatic rings. The van der Waals surface area contributed by atoms with Gasteiger partial charge in [0.2, 0.25) is 0 Å². The fourth-order valence-corrected chi connectivity index (χ4v) is 6.46. The second-order valence-electron chi connectivity index (χ2n) is 11.2. The number of pyridine rings is 2. The molecule has 0 spiro atoms. The van der Waals surface area contributed by atoms with E-state index < -0.39 is 0 Å². The number of hydrogen-bond acceptors (Lipinski definition) is 2. The highest BCUT2D eigenvalue weighted by Crippen LogP contribution is 2.47. The first kappa shape index (κ1) is 20.7. The number of benzene rings is 4. The van der Waals surface area contributed by atoms with Crippen molar-refractivity contribution in [3.8, 4) is 0 Å². The Balaban J connectivity index is 1.76. The van der Waals surface area contributed by atoms with Crippen molar-refractivity contribution in [2.24, 2.45) is 0 Å². The largest absolute Gasteiger partial charge is 0.306 e. The van der Waals surface area contributed by atoms with Gasteiger partial charge in [-0.1, -0.05) is 93.6 Å². The van der Waals surface area contributed by atoms with Gasteiger partial charge in [-0.25, -0.2) is 0 Å². The quantitative estimate of drug-likeness (QED) is 0.164. The van der Waals surface area contributed by atoms with Crippen molar-refractivity contribution in [1.82, 2.24) is 4.40 Å². The molecule has 8 rings (SSSR count). The Morgan fingerprint density at radius 3 is 1.35 bits per heavy atom. The molecule has 0 saturated heterocycles. The van der Waals surface area contributed by atoms with Gasteiger partial charge < -0.3 is 4.40 Å². The predicted octanol–water partition coefficient (Wildman–Crippen LogP) is 8.06. The molecule has 176 valence electrons. The van der Waals surface area contributed by atoms with E-state index in [1.807, 2.05) is 24.3 Å². The lowest BCUT2D eigenvalue weighted by molar-refractivity contribution is 0.0982. The monoisotopic (exact) mass is 477 g/mol. The fraction of sp³-hybridized carbons (Fsp3) is 0.118. The van der Waals surface area contributed by atoms with Gasteiger partial charge in [-0.05, 0) is 33.9 Å². The van der Waals surface area contributed by atoms with Gasteiger partial charge in [-0.3, -0.25) is 9.59 Å². The maximum Gasteiger partial charge on any atom is 0.196 e. The minimum atomic E-state index is -0.0781. The van der Waals surface area contributed by atoms with Gasteiger partial charge in [-0.2, -0.15) is 0 Å². The van der Waals surface area contributed by atoms with E-state index in [-0.39, 0.29) is 17.0 Å². The van der Waals surface area contributed by atoms with E-state index in [0.29, 0.717) is 22.3 Å². The lowest BCUT2D eigenvalue weighted by atomic mass is 9.84. The maximum atomic E-state index is 14.1. The lowest BCUT2D eigenvalue weighted by Gasteiger charge is -2.23. The number of nitrogens with zero attached hydrogens (tertiary/aromatic N) is 1. The third-order valence-corrected chi connectivity index (χ3v) is 8.19. The van der Waals surface area contributed by atoms with Crippen molar-refractivity contribution in [1.29, 1.82) is 0 Å². The molecule has 4 aromatic carbocycles. The van der Waals surface area contributed by atoms with Crippen LogP contribution >= 0.6 is 0 Å². The van der Waals surface area contributed by atoms with Crippen molar-refractivity contribution >= 4 is 60.4 Å². The van der Waals surface area contributed by atoms with Gasteiger partial charge in [0.15, 0.2) is 11.6 Å².